The molecule has 0 radical (unpaired) electrons. The summed E-state index contributed by atoms with van der Waals surface area (Å²) in [5, 5.41) is 8.36. The van der Waals surface area contributed by atoms with Crippen LogP contribution in [0.2, 0.25) is 0 Å². The van der Waals surface area contributed by atoms with Crippen molar-refractivity contribution in [3.63, 3.8) is 0 Å². The molecule has 0 amide bonds. The standard InChI is InChI=1S/C21H15FN2OS/c22-19-9-5-4-8-18(19)20-23-24-21(25-20)26-14-15-10-12-17(13-11-15)16-6-2-1-3-7-16/h1-13H,14H2. The van der Waals surface area contributed by atoms with E-state index in [4.69, 9.17) is 4.42 Å². The van der Waals surface area contributed by atoms with E-state index in [0.29, 0.717) is 16.5 Å². The molecule has 128 valence electrons. The van der Waals surface area contributed by atoms with E-state index < -0.39 is 0 Å². The normalized spacial score (nSPS) is 10.8. The van der Waals surface area contributed by atoms with Crippen molar-refractivity contribution < 1.29 is 8.81 Å². The van der Waals surface area contributed by atoms with E-state index in [1.807, 2.05) is 18.2 Å². The zero-order valence-electron chi connectivity index (χ0n) is 13.8. The molecular formula is C21H15FN2OS. The summed E-state index contributed by atoms with van der Waals surface area (Å²) in [5.41, 5.74) is 3.84. The fourth-order valence-corrected chi connectivity index (χ4v) is 3.30. The Kier molecular flexibility index (Phi) is 4.80. The molecule has 0 bridgehead atoms. The highest BCUT2D eigenvalue weighted by molar-refractivity contribution is 7.98. The molecule has 0 aliphatic rings. The molecule has 0 spiro atoms. The predicted octanol–water partition coefficient (Wildman–Crippen LogP) is 5.84. The molecule has 5 heteroatoms. The van der Waals surface area contributed by atoms with Crippen LogP contribution in [0.25, 0.3) is 22.6 Å². The van der Waals surface area contributed by atoms with Gasteiger partial charge in [0.25, 0.3) is 11.1 Å². The van der Waals surface area contributed by atoms with Crippen LogP contribution in [0.3, 0.4) is 0 Å². The van der Waals surface area contributed by atoms with Gasteiger partial charge in [0.2, 0.25) is 0 Å². The lowest BCUT2D eigenvalue weighted by molar-refractivity contribution is 0.463. The monoisotopic (exact) mass is 362 g/mol. The molecule has 1 heterocycles. The van der Waals surface area contributed by atoms with Crippen LogP contribution >= 0.6 is 11.8 Å². The van der Waals surface area contributed by atoms with Gasteiger partial charge >= 0.3 is 0 Å². The summed E-state index contributed by atoms with van der Waals surface area (Å²) in [5.74, 6) is 0.530. The van der Waals surface area contributed by atoms with E-state index in [-0.39, 0.29) is 11.7 Å². The average molecular weight is 362 g/mol. The molecule has 3 aromatic carbocycles. The van der Waals surface area contributed by atoms with Gasteiger partial charge in [-0.1, -0.05) is 78.5 Å². The molecule has 1 aromatic heterocycles. The van der Waals surface area contributed by atoms with E-state index in [2.05, 4.69) is 46.6 Å². The van der Waals surface area contributed by atoms with Crippen molar-refractivity contribution in [2.24, 2.45) is 0 Å². The van der Waals surface area contributed by atoms with Crippen molar-refractivity contribution in [1.82, 2.24) is 10.2 Å². The van der Waals surface area contributed by atoms with Crippen LogP contribution in [0, 0.1) is 5.82 Å². The number of hydrogen-bond donors (Lipinski definition) is 0. The van der Waals surface area contributed by atoms with E-state index in [1.165, 1.54) is 29.0 Å². The van der Waals surface area contributed by atoms with Crippen LogP contribution in [-0.4, -0.2) is 10.2 Å². The van der Waals surface area contributed by atoms with Gasteiger partial charge in [0.15, 0.2) is 0 Å². The van der Waals surface area contributed by atoms with Gasteiger partial charge in [-0.15, -0.1) is 10.2 Å². The molecular weight excluding hydrogens is 347 g/mol. The highest BCUT2D eigenvalue weighted by Gasteiger charge is 2.12. The summed E-state index contributed by atoms with van der Waals surface area (Å²) in [6, 6.07) is 25.0. The highest BCUT2D eigenvalue weighted by atomic mass is 32.2. The molecule has 0 aliphatic carbocycles. The summed E-state index contributed by atoms with van der Waals surface area (Å²) in [4.78, 5) is 0. The number of aromatic nitrogens is 2. The molecule has 0 saturated carbocycles. The van der Waals surface area contributed by atoms with Gasteiger partial charge in [-0.3, -0.25) is 0 Å². The summed E-state index contributed by atoms with van der Waals surface area (Å²) >= 11 is 1.43. The van der Waals surface area contributed by atoms with Gasteiger partial charge in [0.05, 0.1) is 5.56 Å². The van der Waals surface area contributed by atoms with Gasteiger partial charge in [-0.05, 0) is 28.8 Å². The Morgan fingerprint density at radius 1 is 0.769 bits per heavy atom. The molecule has 0 aliphatic heterocycles. The number of hydrogen-bond acceptors (Lipinski definition) is 4. The topological polar surface area (TPSA) is 38.9 Å². The quantitative estimate of drug-likeness (QED) is 0.418. The van der Waals surface area contributed by atoms with Gasteiger partial charge < -0.3 is 4.42 Å². The number of nitrogens with zero attached hydrogens (tertiary/aromatic N) is 2. The fraction of sp³-hybridized carbons (Fsp3) is 0.0476. The minimum absolute atomic E-state index is 0.199. The molecule has 0 saturated heterocycles. The zero-order chi connectivity index (χ0) is 17.8. The van der Waals surface area contributed by atoms with Crippen LogP contribution in [0.4, 0.5) is 4.39 Å². The molecule has 4 rings (SSSR count). The van der Waals surface area contributed by atoms with Crippen LogP contribution in [0.5, 0.6) is 0 Å². The van der Waals surface area contributed by atoms with Crippen molar-refractivity contribution in [2.75, 3.05) is 0 Å². The molecule has 0 fully saturated rings. The maximum absolute atomic E-state index is 13.8. The van der Waals surface area contributed by atoms with Crippen LogP contribution < -0.4 is 0 Å². The maximum atomic E-state index is 13.8. The van der Waals surface area contributed by atoms with Gasteiger partial charge in [-0.2, -0.15) is 0 Å². The molecule has 0 N–H and O–H groups in total. The van der Waals surface area contributed by atoms with Crippen molar-refractivity contribution >= 4 is 11.8 Å². The number of thioether (sulfide) groups is 1. The first-order chi connectivity index (χ1) is 12.8. The van der Waals surface area contributed by atoms with E-state index in [0.717, 1.165) is 5.56 Å². The Hall–Kier alpha value is -2.92. The third kappa shape index (κ3) is 3.68. The third-order valence-corrected chi connectivity index (χ3v) is 4.82. The molecule has 0 atom stereocenters. The van der Waals surface area contributed by atoms with Crippen LogP contribution in [0.1, 0.15) is 5.56 Å². The second-order valence-corrected chi connectivity index (χ2v) is 6.63. The van der Waals surface area contributed by atoms with Gasteiger partial charge in [-0.25, -0.2) is 4.39 Å². The molecule has 3 nitrogen and oxygen atoms in total. The lowest BCUT2D eigenvalue weighted by atomic mass is 10.0. The fourth-order valence-electron chi connectivity index (χ4n) is 2.58. The summed E-state index contributed by atoms with van der Waals surface area (Å²) < 4.78 is 19.3. The Morgan fingerprint density at radius 2 is 1.46 bits per heavy atom. The van der Waals surface area contributed by atoms with Crippen molar-refractivity contribution in [1.29, 1.82) is 0 Å². The third-order valence-electron chi connectivity index (χ3n) is 3.93. The van der Waals surface area contributed by atoms with E-state index >= 15 is 0 Å². The molecule has 0 unspecified atom stereocenters. The minimum atomic E-state index is -0.371. The lowest BCUT2D eigenvalue weighted by Gasteiger charge is -2.03. The predicted molar refractivity (Wildman–Crippen MR) is 101 cm³/mol. The number of rotatable bonds is 5. The van der Waals surface area contributed by atoms with Gasteiger partial charge in [0.1, 0.15) is 5.82 Å². The van der Waals surface area contributed by atoms with Crippen LogP contribution in [-0.2, 0) is 5.75 Å². The summed E-state index contributed by atoms with van der Waals surface area (Å²) in [6.45, 7) is 0. The Morgan fingerprint density at radius 3 is 2.23 bits per heavy atom. The first-order valence-electron chi connectivity index (χ1n) is 8.15. The molecule has 4 aromatic rings. The number of benzene rings is 3. The summed E-state index contributed by atoms with van der Waals surface area (Å²) in [6.07, 6.45) is 0. The van der Waals surface area contributed by atoms with Crippen molar-refractivity contribution in [3.05, 3.63) is 90.2 Å². The minimum Gasteiger partial charge on any atom is -0.411 e. The SMILES string of the molecule is Fc1ccccc1-c1nnc(SCc2ccc(-c3ccccc3)cc2)o1. The largest absolute Gasteiger partial charge is 0.411 e. The van der Waals surface area contributed by atoms with Crippen LogP contribution in [0.15, 0.2) is 88.5 Å². The maximum Gasteiger partial charge on any atom is 0.277 e. The van der Waals surface area contributed by atoms with E-state index in [9.17, 15) is 4.39 Å². The second-order valence-electron chi connectivity index (χ2n) is 5.70. The Balaban J connectivity index is 1.43. The van der Waals surface area contributed by atoms with Crippen molar-refractivity contribution in [2.45, 2.75) is 11.0 Å². The Bertz CT molecular complexity index is 1000. The Labute approximate surface area is 154 Å². The van der Waals surface area contributed by atoms with Gasteiger partial charge in [0, 0.05) is 5.75 Å². The zero-order valence-corrected chi connectivity index (χ0v) is 14.6. The lowest BCUT2D eigenvalue weighted by Crippen LogP contribution is -1.82. The van der Waals surface area contributed by atoms with Crippen molar-refractivity contribution in [3.8, 4) is 22.6 Å². The summed E-state index contributed by atoms with van der Waals surface area (Å²) in [7, 11) is 0. The second kappa shape index (κ2) is 7.54. The molecule has 26 heavy (non-hydrogen) atoms. The van der Waals surface area contributed by atoms with E-state index in [1.54, 1.807) is 18.2 Å². The number of halogens is 1. The first kappa shape index (κ1) is 16.5. The average Bonchev–Trinajstić information content (AvgIpc) is 3.17. The smallest absolute Gasteiger partial charge is 0.277 e. The highest BCUT2D eigenvalue weighted by Crippen LogP contribution is 2.28. The first-order valence-corrected chi connectivity index (χ1v) is 9.14.